The van der Waals surface area contributed by atoms with Gasteiger partial charge in [-0.3, -0.25) is 0 Å². The first-order chi connectivity index (χ1) is 5.89. The van der Waals surface area contributed by atoms with Crippen LogP contribution in [0, 0.1) is 5.92 Å². The molecular weight excluding hydrogens is 152 g/mol. The van der Waals surface area contributed by atoms with Crippen LogP contribution in [0.4, 0.5) is 0 Å². The van der Waals surface area contributed by atoms with E-state index in [0.717, 1.165) is 11.7 Å². The minimum Gasteiger partial charge on any atom is -0.341 e. The second-order valence-corrected chi connectivity index (χ2v) is 3.80. The van der Waals surface area contributed by atoms with Crippen LogP contribution in [0.3, 0.4) is 0 Å². The van der Waals surface area contributed by atoms with Gasteiger partial charge >= 0.3 is 0 Å². The molecule has 0 radical (unpaired) electrons. The molecule has 0 amide bonds. The third-order valence-corrected chi connectivity index (χ3v) is 3.13. The summed E-state index contributed by atoms with van der Waals surface area (Å²) in [6.07, 6.45) is 10.00. The standard InChI is InChI=1S/C9H10N2O/c1-3-9(4-2-7(1)5-9)8-6-10-11-12-8/h1,3,6-7H,2,4-5H2. The van der Waals surface area contributed by atoms with E-state index < -0.39 is 0 Å². The first kappa shape index (κ1) is 6.40. The molecule has 2 bridgehead atoms. The van der Waals surface area contributed by atoms with E-state index in [1.807, 2.05) is 0 Å². The van der Waals surface area contributed by atoms with Gasteiger partial charge in [0.2, 0.25) is 0 Å². The largest absolute Gasteiger partial charge is 0.341 e. The highest BCUT2D eigenvalue weighted by Gasteiger charge is 2.44. The highest BCUT2D eigenvalue weighted by atomic mass is 16.5. The maximum absolute atomic E-state index is 5.13. The molecule has 0 spiro atoms. The molecule has 1 fully saturated rings. The number of fused-ring (bicyclic) bond motifs is 2. The zero-order valence-electron chi connectivity index (χ0n) is 6.73. The molecule has 1 aromatic rings. The summed E-state index contributed by atoms with van der Waals surface area (Å²) in [6.45, 7) is 0. The number of aromatic nitrogens is 2. The van der Waals surface area contributed by atoms with E-state index in [4.69, 9.17) is 4.52 Å². The third kappa shape index (κ3) is 0.661. The van der Waals surface area contributed by atoms with Crippen molar-refractivity contribution in [1.29, 1.82) is 0 Å². The van der Waals surface area contributed by atoms with Crippen LogP contribution < -0.4 is 0 Å². The normalized spacial score (nSPS) is 37.8. The molecule has 12 heavy (non-hydrogen) atoms. The first-order valence-corrected chi connectivity index (χ1v) is 4.36. The number of allylic oxidation sites excluding steroid dienone is 2. The Bertz CT molecular complexity index is 317. The summed E-state index contributed by atoms with van der Waals surface area (Å²) in [5, 5.41) is 7.25. The van der Waals surface area contributed by atoms with E-state index in [1.54, 1.807) is 6.20 Å². The second kappa shape index (κ2) is 1.97. The zero-order valence-corrected chi connectivity index (χ0v) is 6.73. The van der Waals surface area contributed by atoms with Gasteiger partial charge in [0.05, 0.1) is 11.6 Å². The number of nitrogens with zero attached hydrogens (tertiary/aromatic N) is 2. The Morgan fingerprint density at radius 3 is 3.08 bits per heavy atom. The maximum atomic E-state index is 5.13. The monoisotopic (exact) mass is 162 g/mol. The van der Waals surface area contributed by atoms with Gasteiger partial charge in [0.15, 0.2) is 5.76 Å². The fourth-order valence-corrected chi connectivity index (χ4v) is 2.44. The molecule has 3 nitrogen and oxygen atoms in total. The molecule has 2 aliphatic rings. The van der Waals surface area contributed by atoms with Gasteiger partial charge in [0, 0.05) is 5.27 Å². The van der Waals surface area contributed by atoms with Crippen LogP contribution in [0.25, 0.3) is 0 Å². The zero-order chi connectivity index (χ0) is 8.02. The minimum atomic E-state index is 0.161. The van der Waals surface area contributed by atoms with Crippen molar-refractivity contribution in [1.82, 2.24) is 10.4 Å². The van der Waals surface area contributed by atoms with Crippen molar-refractivity contribution in [2.45, 2.75) is 24.7 Å². The topological polar surface area (TPSA) is 38.9 Å². The predicted octanol–water partition coefficient (Wildman–Crippen LogP) is 1.68. The molecular formula is C9H10N2O. The fraction of sp³-hybridized carbons (Fsp3) is 0.556. The highest BCUT2D eigenvalue weighted by molar-refractivity contribution is 5.29. The molecule has 2 unspecified atom stereocenters. The molecule has 1 aromatic heterocycles. The second-order valence-electron chi connectivity index (χ2n) is 3.80. The van der Waals surface area contributed by atoms with E-state index in [2.05, 4.69) is 22.5 Å². The molecule has 2 aliphatic carbocycles. The third-order valence-electron chi connectivity index (χ3n) is 3.13. The summed E-state index contributed by atoms with van der Waals surface area (Å²) in [5.74, 6) is 1.72. The van der Waals surface area contributed by atoms with Crippen molar-refractivity contribution in [3.05, 3.63) is 24.1 Å². The molecule has 1 saturated carbocycles. The highest BCUT2D eigenvalue weighted by Crippen LogP contribution is 2.50. The van der Waals surface area contributed by atoms with Crippen molar-refractivity contribution in [3.8, 4) is 0 Å². The lowest BCUT2D eigenvalue weighted by Crippen LogP contribution is -2.16. The molecule has 62 valence electrons. The Morgan fingerprint density at radius 2 is 2.58 bits per heavy atom. The lowest BCUT2D eigenvalue weighted by Gasteiger charge is -2.17. The van der Waals surface area contributed by atoms with Crippen molar-refractivity contribution in [2.24, 2.45) is 5.92 Å². The molecule has 3 heteroatoms. The number of hydrogen-bond acceptors (Lipinski definition) is 3. The van der Waals surface area contributed by atoms with Crippen LogP contribution in [0.5, 0.6) is 0 Å². The van der Waals surface area contributed by atoms with Crippen molar-refractivity contribution in [2.75, 3.05) is 0 Å². The quantitative estimate of drug-likeness (QED) is 0.590. The van der Waals surface area contributed by atoms with E-state index in [1.165, 1.54) is 19.3 Å². The van der Waals surface area contributed by atoms with Crippen LogP contribution in [-0.4, -0.2) is 10.4 Å². The van der Waals surface area contributed by atoms with Gasteiger partial charge in [-0.05, 0) is 25.2 Å². The average molecular weight is 162 g/mol. The van der Waals surface area contributed by atoms with Crippen molar-refractivity contribution >= 4 is 0 Å². The predicted molar refractivity (Wildman–Crippen MR) is 42.5 cm³/mol. The van der Waals surface area contributed by atoms with Crippen LogP contribution in [0.15, 0.2) is 22.9 Å². The van der Waals surface area contributed by atoms with Gasteiger partial charge in [-0.15, -0.1) is 5.10 Å². The number of rotatable bonds is 1. The molecule has 3 rings (SSSR count). The average Bonchev–Trinajstić information content (AvgIpc) is 2.82. The molecule has 0 N–H and O–H groups in total. The van der Waals surface area contributed by atoms with Crippen LogP contribution in [0.2, 0.25) is 0 Å². The van der Waals surface area contributed by atoms with E-state index in [9.17, 15) is 0 Å². The summed E-state index contributed by atoms with van der Waals surface area (Å²) >= 11 is 0. The summed E-state index contributed by atoms with van der Waals surface area (Å²) in [7, 11) is 0. The number of hydrogen-bond donors (Lipinski definition) is 0. The van der Waals surface area contributed by atoms with Gasteiger partial charge in [0.25, 0.3) is 0 Å². The Balaban J connectivity index is 2.07. The van der Waals surface area contributed by atoms with Crippen molar-refractivity contribution in [3.63, 3.8) is 0 Å². The van der Waals surface area contributed by atoms with Gasteiger partial charge in [-0.2, -0.15) is 0 Å². The minimum absolute atomic E-state index is 0.161. The van der Waals surface area contributed by atoms with Gasteiger partial charge in [-0.25, -0.2) is 0 Å². The molecule has 2 atom stereocenters. The van der Waals surface area contributed by atoms with E-state index in [0.29, 0.717) is 0 Å². The SMILES string of the molecule is C1=CC2(c3cnno3)CCC1C2. The van der Waals surface area contributed by atoms with Gasteiger partial charge in [0.1, 0.15) is 0 Å². The van der Waals surface area contributed by atoms with Gasteiger partial charge in [-0.1, -0.05) is 12.2 Å². The smallest absolute Gasteiger partial charge is 0.167 e. The maximum Gasteiger partial charge on any atom is 0.167 e. The summed E-state index contributed by atoms with van der Waals surface area (Å²) in [5.41, 5.74) is 0.161. The van der Waals surface area contributed by atoms with Crippen LogP contribution in [-0.2, 0) is 5.41 Å². The first-order valence-electron chi connectivity index (χ1n) is 4.36. The lowest BCUT2D eigenvalue weighted by molar-refractivity contribution is 0.315. The van der Waals surface area contributed by atoms with Gasteiger partial charge < -0.3 is 4.52 Å². The molecule has 0 aromatic carbocycles. The molecule has 0 aliphatic heterocycles. The summed E-state index contributed by atoms with van der Waals surface area (Å²) in [4.78, 5) is 0. The molecule has 1 heterocycles. The fourth-order valence-electron chi connectivity index (χ4n) is 2.44. The Labute approximate surface area is 70.4 Å². The van der Waals surface area contributed by atoms with E-state index in [-0.39, 0.29) is 5.41 Å². The Kier molecular flexibility index (Phi) is 1.05. The molecule has 0 saturated heterocycles. The summed E-state index contributed by atoms with van der Waals surface area (Å²) < 4.78 is 5.13. The summed E-state index contributed by atoms with van der Waals surface area (Å²) in [6, 6.07) is 0. The van der Waals surface area contributed by atoms with E-state index >= 15 is 0 Å². The van der Waals surface area contributed by atoms with Crippen LogP contribution in [0.1, 0.15) is 25.0 Å². The Morgan fingerprint density at radius 1 is 1.58 bits per heavy atom. The van der Waals surface area contributed by atoms with Crippen LogP contribution >= 0.6 is 0 Å². The Hall–Kier alpha value is -1.12. The van der Waals surface area contributed by atoms with Crippen molar-refractivity contribution < 1.29 is 4.52 Å². The lowest BCUT2D eigenvalue weighted by atomic mass is 9.86.